The molecule has 0 saturated heterocycles. The number of nitrogens with zero attached hydrogens (tertiary/aromatic N) is 1. The van der Waals surface area contributed by atoms with Crippen LogP contribution in [0.25, 0.3) is 0 Å². The predicted octanol–water partition coefficient (Wildman–Crippen LogP) is 1.98. The monoisotopic (exact) mass is 534 g/mol. The normalized spacial score (nSPS) is 11.8. The third-order valence-corrected chi connectivity index (χ3v) is 5.67. The van der Waals surface area contributed by atoms with Gasteiger partial charge in [-0.1, -0.05) is 48.5 Å². The Morgan fingerprint density at radius 1 is 0.923 bits per heavy atom. The van der Waals surface area contributed by atoms with Crippen molar-refractivity contribution in [3.63, 3.8) is 0 Å². The number of aliphatic hydroxyl groups excluding tert-OH is 1. The van der Waals surface area contributed by atoms with E-state index in [-0.39, 0.29) is 44.0 Å². The molecule has 0 aliphatic heterocycles. The van der Waals surface area contributed by atoms with Crippen LogP contribution in [0, 0.1) is 0 Å². The van der Waals surface area contributed by atoms with Gasteiger partial charge >= 0.3 is 0 Å². The molecule has 0 aliphatic rings. The first kappa shape index (κ1) is 29.0. The van der Waals surface area contributed by atoms with E-state index in [2.05, 4.69) is 15.6 Å². The number of ether oxygens (including phenoxy) is 3. The quantitative estimate of drug-likeness (QED) is 0.194. The molecule has 0 bridgehead atoms. The summed E-state index contributed by atoms with van der Waals surface area (Å²) in [6.45, 7) is 0.328. The molecule has 5 N–H and O–H groups in total. The van der Waals surface area contributed by atoms with Crippen molar-refractivity contribution >= 4 is 17.8 Å². The van der Waals surface area contributed by atoms with E-state index in [0.29, 0.717) is 29.2 Å². The highest BCUT2D eigenvalue weighted by atomic mass is 16.5. The third-order valence-electron chi connectivity index (χ3n) is 5.67. The standard InChI is InChI=1S/C29H34N4O6/c1-37-25-12-11-21(17-26(25)38-2)18-27(35)33-29(30)32-24(16-20-7-4-3-5-8-20)28(36)31-19-22-9-6-10-23(15-22)39-14-13-34/h3-12,15,17,24,34H,13-14,16,18-19H2,1-2H3,(H,31,36)(H3,30,32,33,35)/t24-/m1/s1. The molecule has 1 atom stereocenters. The number of aliphatic hydroxyl groups is 1. The minimum absolute atomic E-state index is 0.0286. The zero-order valence-electron chi connectivity index (χ0n) is 22.1. The number of hydrogen-bond donors (Lipinski definition) is 4. The SMILES string of the molecule is COc1ccc(CC(=O)NC(N)=N[C@H](Cc2ccccc2)C(=O)NCc2cccc(OCCO)c2)cc1OC. The summed E-state index contributed by atoms with van der Waals surface area (Å²) < 4.78 is 15.9. The van der Waals surface area contributed by atoms with E-state index < -0.39 is 6.04 Å². The van der Waals surface area contributed by atoms with Crippen LogP contribution in [0.2, 0.25) is 0 Å². The number of amides is 2. The fraction of sp³-hybridized carbons (Fsp3) is 0.276. The maximum Gasteiger partial charge on any atom is 0.245 e. The summed E-state index contributed by atoms with van der Waals surface area (Å²) in [6.07, 6.45) is 0.319. The lowest BCUT2D eigenvalue weighted by Crippen LogP contribution is -2.42. The first-order chi connectivity index (χ1) is 18.9. The number of hydrogen-bond acceptors (Lipinski definition) is 7. The summed E-state index contributed by atoms with van der Waals surface area (Å²) in [5.74, 6) is 0.767. The summed E-state index contributed by atoms with van der Waals surface area (Å²) >= 11 is 0. The second-order valence-electron chi connectivity index (χ2n) is 8.57. The van der Waals surface area contributed by atoms with Crippen molar-refractivity contribution in [1.82, 2.24) is 10.6 Å². The van der Waals surface area contributed by atoms with Crippen LogP contribution < -0.4 is 30.6 Å². The molecule has 3 aromatic carbocycles. The molecule has 0 fully saturated rings. The Morgan fingerprint density at radius 2 is 1.67 bits per heavy atom. The van der Waals surface area contributed by atoms with Gasteiger partial charge < -0.3 is 30.4 Å². The van der Waals surface area contributed by atoms with E-state index in [4.69, 9.17) is 25.1 Å². The molecule has 206 valence electrons. The van der Waals surface area contributed by atoms with Gasteiger partial charge in [0.1, 0.15) is 18.4 Å². The molecule has 0 saturated carbocycles. The Labute approximate surface area is 227 Å². The van der Waals surface area contributed by atoms with Crippen molar-refractivity contribution in [3.05, 3.63) is 89.5 Å². The van der Waals surface area contributed by atoms with Crippen LogP contribution in [0.5, 0.6) is 17.2 Å². The molecular formula is C29H34N4O6. The first-order valence-electron chi connectivity index (χ1n) is 12.4. The van der Waals surface area contributed by atoms with Crippen LogP contribution in [0.15, 0.2) is 77.8 Å². The lowest BCUT2D eigenvalue weighted by molar-refractivity contribution is -0.122. The van der Waals surface area contributed by atoms with Crippen molar-refractivity contribution in [3.8, 4) is 17.2 Å². The fourth-order valence-corrected chi connectivity index (χ4v) is 3.81. The second kappa shape index (κ2) is 15.0. The van der Waals surface area contributed by atoms with Crippen molar-refractivity contribution in [2.24, 2.45) is 10.7 Å². The third kappa shape index (κ3) is 9.35. The van der Waals surface area contributed by atoms with Gasteiger partial charge in [0.2, 0.25) is 11.8 Å². The average Bonchev–Trinajstić information content (AvgIpc) is 2.95. The van der Waals surface area contributed by atoms with Gasteiger partial charge in [-0.05, 0) is 41.0 Å². The number of carbonyl (C=O) groups excluding carboxylic acids is 2. The highest BCUT2D eigenvalue weighted by Gasteiger charge is 2.19. The number of guanidine groups is 1. The topological polar surface area (TPSA) is 144 Å². The molecular weight excluding hydrogens is 500 g/mol. The number of nitrogens with one attached hydrogen (secondary N) is 2. The molecule has 0 radical (unpaired) electrons. The van der Waals surface area contributed by atoms with E-state index in [1.807, 2.05) is 36.4 Å². The molecule has 10 nitrogen and oxygen atoms in total. The van der Waals surface area contributed by atoms with Crippen molar-refractivity contribution < 1.29 is 28.9 Å². The Hall–Kier alpha value is -4.57. The summed E-state index contributed by atoms with van der Waals surface area (Å²) in [7, 11) is 3.06. The zero-order valence-corrected chi connectivity index (χ0v) is 22.1. The van der Waals surface area contributed by atoms with Crippen LogP contribution in [0.1, 0.15) is 16.7 Å². The highest BCUT2D eigenvalue weighted by molar-refractivity contribution is 5.98. The van der Waals surface area contributed by atoms with Crippen LogP contribution >= 0.6 is 0 Å². The molecule has 0 spiro atoms. The van der Waals surface area contributed by atoms with E-state index in [0.717, 1.165) is 11.1 Å². The van der Waals surface area contributed by atoms with Gasteiger partial charge in [-0.2, -0.15) is 0 Å². The van der Waals surface area contributed by atoms with Crippen LogP contribution in [-0.2, 0) is 29.0 Å². The molecule has 0 unspecified atom stereocenters. The smallest absolute Gasteiger partial charge is 0.245 e. The average molecular weight is 535 g/mol. The summed E-state index contributed by atoms with van der Waals surface area (Å²) in [6, 6.07) is 20.9. The number of carbonyl (C=O) groups is 2. The summed E-state index contributed by atoms with van der Waals surface area (Å²) in [5, 5.41) is 14.4. The molecule has 2 amide bonds. The first-order valence-corrected chi connectivity index (χ1v) is 12.4. The molecule has 10 heteroatoms. The van der Waals surface area contributed by atoms with Gasteiger partial charge in [0.15, 0.2) is 17.5 Å². The molecule has 3 rings (SSSR count). The van der Waals surface area contributed by atoms with Gasteiger partial charge in [0, 0.05) is 13.0 Å². The van der Waals surface area contributed by atoms with E-state index >= 15 is 0 Å². The largest absolute Gasteiger partial charge is 0.493 e. The van der Waals surface area contributed by atoms with Gasteiger partial charge in [-0.3, -0.25) is 14.9 Å². The summed E-state index contributed by atoms with van der Waals surface area (Å²) in [4.78, 5) is 30.1. The van der Waals surface area contributed by atoms with Crippen molar-refractivity contribution in [1.29, 1.82) is 0 Å². The predicted molar refractivity (Wildman–Crippen MR) is 148 cm³/mol. The Morgan fingerprint density at radius 3 is 2.38 bits per heavy atom. The maximum absolute atomic E-state index is 13.1. The van der Waals surface area contributed by atoms with Gasteiger partial charge in [-0.15, -0.1) is 0 Å². The van der Waals surface area contributed by atoms with Gasteiger partial charge in [-0.25, -0.2) is 4.99 Å². The maximum atomic E-state index is 13.1. The molecule has 0 aliphatic carbocycles. The minimum atomic E-state index is -0.873. The minimum Gasteiger partial charge on any atom is -0.493 e. The van der Waals surface area contributed by atoms with E-state index in [9.17, 15) is 9.59 Å². The zero-order chi connectivity index (χ0) is 28.0. The van der Waals surface area contributed by atoms with Gasteiger partial charge in [0.25, 0.3) is 0 Å². The fourth-order valence-electron chi connectivity index (χ4n) is 3.81. The van der Waals surface area contributed by atoms with Crippen LogP contribution in [-0.4, -0.2) is 56.4 Å². The molecule has 39 heavy (non-hydrogen) atoms. The summed E-state index contributed by atoms with van der Waals surface area (Å²) in [5.41, 5.74) is 8.46. The van der Waals surface area contributed by atoms with Crippen molar-refractivity contribution in [2.75, 3.05) is 27.4 Å². The van der Waals surface area contributed by atoms with Crippen LogP contribution in [0.4, 0.5) is 0 Å². The number of benzene rings is 3. The molecule has 0 heterocycles. The highest BCUT2D eigenvalue weighted by Crippen LogP contribution is 2.27. The van der Waals surface area contributed by atoms with E-state index in [1.165, 1.54) is 14.2 Å². The Balaban J connectivity index is 1.68. The van der Waals surface area contributed by atoms with E-state index in [1.54, 1.807) is 36.4 Å². The second-order valence-corrected chi connectivity index (χ2v) is 8.57. The van der Waals surface area contributed by atoms with Crippen molar-refractivity contribution in [2.45, 2.75) is 25.4 Å². The number of nitrogens with two attached hydrogens (primary N) is 1. The Bertz CT molecular complexity index is 1270. The lowest BCUT2D eigenvalue weighted by atomic mass is 10.1. The van der Waals surface area contributed by atoms with Crippen LogP contribution in [0.3, 0.4) is 0 Å². The lowest BCUT2D eigenvalue weighted by Gasteiger charge is -2.15. The number of aliphatic imine (C=N–C) groups is 1. The number of methoxy groups -OCH3 is 2. The van der Waals surface area contributed by atoms with Gasteiger partial charge in [0.05, 0.1) is 27.2 Å². The molecule has 0 aromatic heterocycles. The number of rotatable bonds is 13. The molecule has 3 aromatic rings. The Kier molecular flexibility index (Phi) is 11.1.